The summed E-state index contributed by atoms with van der Waals surface area (Å²) in [6.07, 6.45) is 0. The molecule has 0 aliphatic carbocycles. The Morgan fingerprint density at radius 3 is 2.81 bits per heavy atom. The van der Waals surface area contributed by atoms with Crippen LogP contribution in [-0.2, 0) is 7.05 Å². The quantitative estimate of drug-likeness (QED) is 0.809. The van der Waals surface area contributed by atoms with Gasteiger partial charge in [-0.3, -0.25) is 0 Å². The molecule has 0 bridgehead atoms. The highest BCUT2D eigenvalue weighted by Gasteiger charge is 2.16. The van der Waals surface area contributed by atoms with Gasteiger partial charge in [0.2, 0.25) is 5.82 Å². The smallest absolute Gasteiger partial charge is 0.336 e. The molecule has 0 saturated carbocycles. The molecular weight excluding hydrogens is 215 g/mol. The first kappa shape index (κ1) is 10.2. The molecule has 7 heteroatoms. The molecule has 16 heavy (non-hydrogen) atoms. The van der Waals surface area contributed by atoms with Crippen molar-refractivity contribution in [3.63, 3.8) is 0 Å². The van der Waals surface area contributed by atoms with Crippen molar-refractivity contribution in [3.8, 4) is 11.4 Å². The van der Waals surface area contributed by atoms with Gasteiger partial charge < -0.3 is 5.11 Å². The third-order valence-corrected chi connectivity index (χ3v) is 1.96. The Bertz CT molecular complexity index is 552. The van der Waals surface area contributed by atoms with E-state index in [2.05, 4.69) is 15.4 Å². The van der Waals surface area contributed by atoms with Crippen molar-refractivity contribution in [3.05, 3.63) is 29.6 Å². The summed E-state index contributed by atoms with van der Waals surface area (Å²) in [4.78, 5) is 12.1. The summed E-state index contributed by atoms with van der Waals surface area (Å²) in [6, 6.07) is 3.39. The molecule has 0 aliphatic heterocycles. The molecule has 0 radical (unpaired) electrons. The van der Waals surface area contributed by atoms with Gasteiger partial charge in [-0.15, -0.1) is 10.2 Å². The number of aryl methyl sites for hydroxylation is 1. The number of halogens is 1. The van der Waals surface area contributed by atoms with E-state index in [1.54, 1.807) is 7.05 Å². The van der Waals surface area contributed by atoms with E-state index in [1.807, 2.05) is 0 Å². The molecular formula is C9H7FN4O2. The van der Waals surface area contributed by atoms with Crippen molar-refractivity contribution in [2.75, 3.05) is 0 Å². The Hall–Kier alpha value is -2.31. The van der Waals surface area contributed by atoms with Gasteiger partial charge in [0.25, 0.3) is 0 Å². The molecule has 0 unspecified atom stereocenters. The van der Waals surface area contributed by atoms with E-state index >= 15 is 0 Å². The van der Waals surface area contributed by atoms with Crippen LogP contribution < -0.4 is 0 Å². The SMILES string of the molecule is Cn1nnc(-c2ccc(F)cc2C(=O)O)n1. The van der Waals surface area contributed by atoms with Gasteiger partial charge in [-0.25, -0.2) is 9.18 Å². The van der Waals surface area contributed by atoms with Crippen LogP contribution in [0.1, 0.15) is 10.4 Å². The summed E-state index contributed by atoms with van der Waals surface area (Å²) in [5, 5.41) is 20.0. The summed E-state index contributed by atoms with van der Waals surface area (Å²) in [5.74, 6) is -1.70. The Kier molecular flexibility index (Phi) is 2.35. The van der Waals surface area contributed by atoms with Crippen molar-refractivity contribution in [1.82, 2.24) is 20.2 Å². The fourth-order valence-electron chi connectivity index (χ4n) is 1.28. The van der Waals surface area contributed by atoms with Gasteiger partial charge in [0.1, 0.15) is 5.82 Å². The average molecular weight is 222 g/mol. The van der Waals surface area contributed by atoms with Gasteiger partial charge in [-0.1, -0.05) is 0 Å². The van der Waals surface area contributed by atoms with E-state index in [9.17, 15) is 9.18 Å². The lowest BCUT2D eigenvalue weighted by molar-refractivity contribution is 0.0697. The number of nitrogens with zero attached hydrogens (tertiary/aromatic N) is 4. The van der Waals surface area contributed by atoms with Gasteiger partial charge in [0.15, 0.2) is 0 Å². The van der Waals surface area contributed by atoms with Crippen LogP contribution in [0.4, 0.5) is 4.39 Å². The monoisotopic (exact) mass is 222 g/mol. The first-order valence-electron chi connectivity index (χ1n) is 4.35. The number of hydrogen-bond donors (Lipinski definition) is 1. The maximum Gasteiger partial charge on any atom is 0.336 e. The van der Waals surface area contributed by atoms with E-state index in [0.29, 0.717) is 0 Å². The Morgan fingerprint density at radius 1 is 1.50 bits per heavy atom. The molecule has 1 aromatic carbocycles. The number of aromatic nitrogens is 4. The van der Waals surface area contributed by atoms with E-state index in [4.69, 9.17) is 5.11 Å². The topological polar surface area (TPSA) is 80.9 Å². The van der Waals surface area contributed by atoms with Crippen molar-refractivity contribution in [2.45, 2.75) is 0 Å². The van der Waals surface area contributed by atoms with Crippen molar-refractivity contribution >= 4 is 5.97 Å². The van der Waals surface area contributed by atoms with E-state index < -0.39 is 11.8 Å². The van der Waals surface area contributed by atoms with Crippen molar-refractivity contribution in [1.29, 1.82) is 0 Å². The number of carboxylic acids is 1. The van der Waals surface area contributed by atoms with Gasteiger partial charge in [-0.2, -0.15) is 4.80 Å². The lowest BCUT2D eigenvalue weighted by atomic mass is 10.1. The largest absolute Gasteiger partial charge is 0.478 e. The summed E-state index contributed by atoms with van der Waals surface area (Å²) in [7, 11) is 1.56. The predicted molar refractivity (Wildman–Crippen MR) is 51.2 cm³/mol. The molecule has 1 aromatic heterocycles. The van der Waals surface area contributed by atoms with E-state index in [0.717, 1.165) is 12.1 Å². The maximum atomic E-state index is 12.9. The Labute approximate surface area is 89.3 Å². The van der Waals surface area contributed by atoms with Crippen molar-refractivity contribution in [2.24, 2.45) is 7.05 Å². The molecule has 6 nitrogen and oxygen atoms in total. The molecule has 0 saturated heterocycles. The minimum Gasteiger partial charge on any atom is -0.478 e. The normalized spacial score (nSPS) is 10.4. The van der Waals surface area contributed by atoms with Gasteiger partial charge in [0, 0.05) is 5.56 Å². The van der Waals surface area contributed by atoms with Gasteiger partial charge in [-0.05, 0) is 23.4 Å². The minimum atomic E-state index is -1.23. The van der Waals surface area contributed by atoms with E-state index in [1.165, 1.54) is 10.9 Å². The molecule has 0 amide bonds. The lowest BCUT2D eigenvalue weighted by Crippen LogP contribution is -2.01. The number of hydrogen-bond acceptors (Lipinski definition) is 4. The molecule has 82 valence electrons. The first-order chi connectivity index (χ1) is 7.58. The third kappa shape index (κ3) is 1.74. The highest BCUT2D eigenvalue weighted by Crippen LogP contribution is 2.20. The second-order valence-corrected chi connectivity index (χ2v) is 3.10. The predicted octanol–water partition coefficient (Wildman–Crippen LogP) is 0.714. The third-order valence-electron chi connectivity index (χ3n) is 1.96. The van der Waals surface area contributed by atoms with Gasteiger partial charge >= 0.3 is 5.97 Å². The molecule has 0 aliphatic rings. The molecule has 2 rings (SSSR count). The van der Waals surface area contributed by atoms with Crippen LogP contribution in [0.3, 0.4) is 0 Å². The summed E-state index contributed by atoms with van der Waals surface area (Å²) >= 11 is 0. The summed E-state index contributed by atoms with van der Waals surface area (Å²) in [6.45, 7) is 0. The zero-order valence-electron chi connectivity index (χ0n) is 8.25. The molecule has 0 spiro atoms. The van der Waals surface area contributed by atoms with Crippen LogP contribution in [-0.4, -0.2) is 31.3 Å². The molecule has 2 aromatic rings. The standard InChI is InChI=1S/C9H7FN4O2/c1-14-12-8(11-13-14)6-3-2-5(10)4-7(6)9(15)16/h2-4H,1H3,(H,15,16). The number of tetrazole rings is 1. The van der Waals surface area contributed by atoms with Crippen LogP contribution in [0.5, 0.6) is 0 Å². The maximum absolute atomic E-state index is 12.9. The average Bonchev–Trinajstić information content (AvgIpc) is 2.64. The Balaban J connectivity index is 2.60. The minimum absolute atomic E-state index is 0.153. The van der Waals surface area contributed by atoms with Crippen LogP contribution in [0.2, 0.25) is 0 Å². The molecule has 1 heterocycles. The van der Waals surface area contributed by atoms with Crippen LogP contribution in [0.25, 0.3) is 11.4 Å². The first-order valence-corrected chi connectivity index (χ1v) is 4.35. The van der Waals surface area contributed by atoms with Crippen LogP contribution in [0.15, 0.2) is 18.2 Å². The van der Waals surface area contributed by atoms with Crippen molar-refractivity contribution < 1.29 is 14.3 Å². The van der Waals surface area contributed by atoms with E-state index in [-0.39, 0.29) is 17.0 Å². The summed E-state index contributed by atoms with van der Waals surface area (Å²) < 4.78 is 12.9. The fraction of sp³-hybridized carbons (Fsp3) is 0.111. The Morgan fingerprint density at radius 2 is 2.25 bits per heavy atom. The second-order valence-electron chi connectivity index (χ2n) is 3.10. The fourth-order valence-corrected chi connectivity index (χ4v) is 1.28. The number of rotatable bonds is 2. The lowest BCUT2D eigenvalue weighted by Gasteiger charge is -2.00. The molecule has 0 fully saturated rings. The molecule has 1 N–H and O–H groups in total. The number of aromatic carboxylic acids is 1. The molecule has 0 atom stereocenters. The van der Waals surface area contributed by atoms with Gasteiger partial charge in [0.05, 0.1) is 12.6 Å². The van der Waals surface area contributed by atoms with Crippen LogP contribution in [0, 0.1) is 5.82 Å². The highest BCUT2D eigenvalue weighted by atomic mass is 19.1. The zero-order chi connectivity index (χ0) is 11.7. The second kappa shape index (κ2) is 3.69. The van der Waals surface area contributed by atoms with Crippen LogP contribution >= 0.6 is 0 Å². The summed E-state index contributed by atoms with van der Waals surface area (Å²) in [5.41, 5.74) is 0.0509. The number of carbonyl (C=O) groups is 1. The number of benzene rings is 1. The zero-order valence-corrected chi connectivity index (χ0v) is 8.25. The number of carboxylic acid groups (broad SMARTS) is 1. The highest BCUT2D eigenvalue weighted by molar-refractivity contribution is 5.94.